The Hall–Kier alpha value is -2.27. The summed E-state index contributed by atoms with van der Waals surface area (Å²) in [5.74, 6) is 0.594. The van der Waals surface area contributed by atoms with Gasteiger partial charge in [-0.05, 0) is 37.0 Å². The summed E-state index contributed by atoms with van der Waals surface area (Å²) in [7, 11) is 0. The number of aryl methyl sites for hydroxylation is 1. The number of nitrogens with one attached hydrogen (secondary N) is 1. The number of fused-ring (bicyclic) bond motifs is 3. The standard InChI is InChI=1S/C21H22N2O2S/c1-14(11-12-15-7-3-2-4-8-15)22-19(24)18-13-26-21-17-10-6-5-9-16(17)20(25)23(18)21/h2-10,14,18,21H,11-13H2,1H3,(H,22,24)/t14-,18-,21+/m1/s1. The van der Waals surface area contributed by atoms with Crippen molar-refractivity contribution in [3.05, 3.63) is 71.3 Å². The molecule has 1 saturated heterocycles. The lowest BCUT2D eigenvalue weighted by Gasteiger charge is -2.24. The van der Waals surface area contributed by atoms with E-state index in [9.17, 15) is 9.59 Å². The van der Waals surface area contributed by atoms with Crippen LogP contribution in [-0.2, 0) is 11.2 Å². The molecule has 0 bridgehead atoms. The Morgan fingerprint density at radius 2 is 1.92 bits per heavy atom. The minimum Gasteiger partial charge on any atom is -0.352 e. The van der Waals surface area contributed by atoms with Crippen LogP contribution in [0.4, 0.5) is 0 Å². The number of carbonyl (C=O) groups excluding carboxylic acids is 2. The van der Waals surface area contributed by atoms with Crippen molar-refractivity contribution in [2.45, 2.75) is 37.2 Å². The zero-order valence-corrected chi connectivity index (χ0v) is 15.5. The van der Waals surface area contributed by atoms with E-state index >= 15 is 0 Å². The second-order valence-corrected chi connectivity index (χ2v) is 8.05. The van der Waals surface area contributed by atoms with Gasteiger partial charge >= 0.3 is 0 Å². The molecule has 2 heterocycles. The number of nitrogens with zero attached hydrogens (tertiary/aromatic N) is 1. The van der Waals surface area contributed by atoms with Gasteiger partial charge in [-0.2, -0.15) is 0 Å². The third-order valence-electron chi connectivity index (χ3n) is 5.09. The smallest absolute Gasteiger partial charge is 0.256 e. The number of amides is 2. The van der Waals surface area contributed by atoms with Crippen molar-refractivity contribution in [2.24, 2.45) is 0 Å². The van der Waals surface area contributed by atoms with Gasteiger partial charge in [0.15, 0.2) is 0 Å². The lowest BCUT2D eigenvalue weighted by atomic mass is 10.1. The fraction of sp³-hybridized carbons (Fsp3) is 0.333. The van der Waals surface area contributed by atoms with Crippen LogP contribution in [0, 0.1) is 0 Å². The van der Waals surface area contributed by atoms with Crippen LogP contribution in [0.3, 0.4) is 0 Å². The van der Waals surface area contributed by atoms with Gasteiger partial charge in [0, 0.05) is 17.4 Å². The Morgan fingerprint density at radius 3 is 2.73 bits per heavy atom. The van der Waals surface area contributed by atoms with Crippen LogP contribution in [0.25, 0.3) is 0 Å². The molecule has 4 nitrogen and oxygen atoms in total. The fourth-order valence-corrected chi connectivity index (χ4v) is 5.15. The van der Waals surface area contributed by atoms with Gasteiger partial charge in [-0.1, -0.05) is 48.5 Å². The molecule has 0 radical (unpaired) electrons. The van der Waals surface area contributed by atoms with Gasteiger partial charge in [-0.15, -0.1) is 11.8 Å². The summed E-state index contributed by atoms with van der Waals surface area (Å²) < 4.78 is 0. The Morgan fingerprint density at radius 1 is 1.19 bits per heavy atom. The minimum absolute atomic E-state index is 0.0194. The second kappa shape index (κ2) is 7.16. The molecule has 0 aromatic heterocycles. The van der Waals surface area contributed by atoms with Crippen LogP contribution in [0.2, 0.25) is 0 Å². The predicted octanol–water partition coefficient (Wildman–Crippen LogP) is 3.39. The van der Waals surface area contributed by atoms with Gasteiger partial charge in [0.05, 0.1) is 0 Å². The maximum absolute atomic E-state index is 12.8. The van der Waals surface area contributed by atoms with Crippen molar-refractivity contribution in [2.75, 3.05) is 5.75 Å². The SMILES string of the molecule is C[C@H](CCc1ccccc1)NC(=O)[C@H]1CS[C@H]2c3ccccc3C(=O)N12. The summed E-state index contributed by atoms with van der Waals surface area (Å²) in [6.45, 7) is 2.03. The number of hydrogen-bond acceptors (Lipinski definition) is 3. The van der Waals surface area contributed by atoms with Crippen molar-refractivity contribution >= 4 is 23.6 Å². The highest BCUT2D eigenvalue weighted by atomic mass is 32.2. The first-order valence-corrected chi connectivity index (χ1v) is 10.1. The number of rotatable bonds is 5. The van der Waals surface area contributed by atoms with E-state index < -0.39 is 0 Å². The van der Waals surface area contributed by atoms with Crippen molar-refractivity contribution in [3.8, 4) is 0 Å². The number of carbonyl (C=O) groups is 2. The molecule has 26 heavy (non-hydrogen) atoms. The van der Waals surface area contributed by atoms with Crippen LogP contribution < -0.4 is 5.32 Å². The normalized spacial score (nSPS) is 22.0. The zero-order valence-electron chi connectivity index (χ0n) is 14.7. The molecule has 4 rings (SSSR count). The van der Waals surface area contributed by atoms with Crippen LogP contribution in [0.1, 0.15) is 40.2 Å². The first kappa shape index (κ1) is 17.2. The molecule has 2 amide bonds. The van der Waals surface area contributed by atoms with Gasteiger partial charge in [0.2, 0.25) is 5.91 Å². The lowest BCUT2D eigenvalue weighted by molar-refractivity contribution is -0.125. The van der Waals surface area contributed by atoms with E-state index in [1.165, 1.54) is 5.56 Å². The maximum Gasteiger partial charge on any atom is 0.256 e. The van der Waals surface area contributed by atoms with E-state index in [4.69, 9.17) is 0 Å². The van der Waals surface area contributed by atoms with Crippen LogP contribution in [0.5, 0.6) is 0 Å². The van der Waals surface area contributed by atoms with E-state index in [1.54, 1.807) is 16.7 Å². The maximum atomic E-state index is 12.8. The monoisotopic (exact) mass is 366 g/mol. The van der Waals surface area contributed by atoms with Crippen molar-refractivity contribution < 1.29 is 9.59 Å². The zero-order chi connectivity index (χ0) is 18.1. The average Bonchev–Trinajstić information content (AvgIpc) is 3.22. The van der Waals surface area contributed by atoms with Crippen molar-refractivity contribution in [1.29, 1.82) is 0 Å². The van der Waals surface area contributed by atoms with E-state index in [1.807, 2.05) is 49.4 Å². The molecule has 2 aliphatic rings. The summed E-state index contributed by atoms with van der Waals surface area (Å²) in [6.07, 6.45) is 1.81. The van der Waals surface area contributed by atoms with Crippen LogP contribution in [0.15, 0.2) is 54.6 Å². The van der Waals surface area contributed by atoms with Gasteiger partial charge in [0.1, 0.15) is 11.4 Å². The summed E-state index contributed by atoms with van der Waals surface area (Å²) in [4.78, 5) is 27.3. The van der Waals surface area contributed by atoms with Crippen LogP contribution >= 0.6 is 11.8 Å². The third kappa shape index (κ3) is 3.12. The Bertz CT molecular complexity index is 824. The lowest BCUT2D eigenvalue weighted by Crippen LogP contribution is -2.48. The summed E-state index contributed by atoms with van der Waals surface area (Å²) in [5.41, 5.74) is 3.05. The van der Waals surface area contributed by atoms with Crippen molar-refractivity contribution in [3.63, 3.8) is 0 Å². The van der Waals surface area contributed by atoms with Gasteiger partial charge < -0.3 is 10.2 Å². The van der Waals surface area contributed by atoms with E-state index in [0.29, 0.717) is 5.75 Å². The van der Waals surface area contributed by atoms with Gasteiger partial charge in [-0.25, -0.2) is 0 Å². The van der Waals surface area contributed by atoms with Crippen LogP contribution in [-0.4, -0.2) is 34.6 Å². The minimum atomic E-state index is -0.385. The molecule has 2 aromatic carbocycles. The van der Waals surface area contributed by atoms with E-state index in [0.717, 1.165) is 24.0 Å². The topological polar surface area (TPSA) is 49.4 Å². The first-order chi connectivity index (χ1) is 12.6. The predicted molar refractivity (Wildman–Crippen MR) is 104 cm³/mol. The molecule has 2 aromatic rings. The Balaban J connectivity index is 1.38. The first-order valence-electron chi connectivity index (χ1n) is 9.02. The molecular weight excluding hydrogens is 344 g/mol. The quantitative estimate of drug-likeness (QED) is 0.882. The highest BCUT2D eigenvalue weighted by molar-refractivity contribution is 7.99. The second-order valence-electron chi connectivity index (χ2n) is 6.94. The van der Waals surface area contributed by atoms with E-state index in [-0.39, 0.29) is 29.3 Å². The fourth-order valence-electron chi connectivity index (χ4n) is 3.68. The molecule has 2 aliphatic heterocycles. The third-order valence-corrected chi connectivity index (χ3v) is 6.40. The highest BCUT2D eigenvalue weighted by Gasteiger charge is 2.48. The molecule has 0 spiro atoms. The molecule has 134 valence electrons. The summed E-state index contributed by atoms with van der Waals surface area (Å²) >= 11 is 1.68. The molecule has 5 heteroatoms. The summed E-state index contributed by atoms with van der Waals surface area (Å²) in [6, 6.07) is 17.7. The Kier molecular flexibility index (Phi) is 4.72. The Labute approximate surface area is 158 Å². The molecule has 0 aliphatic carbocycles. The summed E-state index contributed by atoms with van der Waals surface area (Å²) in [5, 5.41) is 3.09. The molecule has 3 atom stereocenters. The van der Waals surface area contributed by atoms with E-state index in [2.05, 4.69) is 17.4 Å². The van der Waals surface area contributed by atoms with Crippen molar-refractivity contribution in [1.82, 2.24) is 10.2 Å². The average molecular weight is 366 g/mol. The molecule has 0 saturated carbocycles. The largest absolute Gasteiger partial charge is 0.352 e. The number of benzene rings is 2. The van der Waals surface area contributed by atoms with Gasteiger partial charge in [-0.3, -0.25) is 9.59 Å². The molecule has 0 unspecified atom stereocenters. The highest BCUT2D eigenvalue weighted by Crippen LogP contribution is 2.48. The number of thioether (sulfide) groups is 1. The molecule has 1 fully saturated rings. The molecule has 1 N–H and O–H groups in total. The molecular formula is C21H22N2O2S. The van der Waals surface area contributed by atoms with Gasteiger partial charge in [0.25, 0.3) is 5.91 Å². The number of hydrogen-bond donors (Lipinski definition) is 1.